The maximum absolute atomic E-state index is 13.9. The van der Waals surface area contributed by atoms with Crippen LogP contribution in [0.15, 0.2) is 53.4 Å². The molecule has 6 nitrogen and oxygen atoms in total. The third kappa shape index (κ3) is 4.38. The van der Waals surface area contributed by atoms with Gasteiger partial charge >= 0.3 is 0 Å². The number of rotatable bonds is 5. The number of benzene rings is 2. The van der Waals surface area contributed by atoms with Gasteiger partial charge in [-0.2, -0.15) is 0 Å². The number of aromatic nitrogens is 1. The number of hydrogen-bond donors (Lipinski definition) is 2. The largest absolute Gasteiger partial charge is 0.347 e. The summed E-state index contributed by atoms with van der Waals surface area (Å²) in [6.07, 6.45) is 0. The molecular formula is C18H16FN3O3S2. The third-order valence-corrected chi connectivity index (χ3v) is 5.75. The first-order valence-electron chi connectivity index (χ1n) is 7.88. The van der Waals surface area contributed by atoms with Crippen LogP contribution in [0.3, 0.4) is 0 Å². The predicted molar refractivity (Wildman–Crippen MR) is 101 cm³/mol. The molecule has 0 aliphatic heterocycles. The molecule has 0 aliphatic rings. The van der Waals surface area contributed by atoms with Crippen molar-refractivity contribution in [1.82, 2.24) is 10.3 Å². The van der Waals surface area contributed by atoms with E-state index in [0.29, 0.717) is 21.0 Å². The minimum absolute atomic E-state index is 0.00227. The Hall–Kier alpha value is -2.62. The van der Waals surface area contributed by atoms with Crippen molar-refractivity contribution in [2.45, 2.75) is 18.4 Å². The van der Waals surface area contributed by atoms with Crippen molar-refractivity contribution in [3.63, 3.8) is 0 Å². The second-order valence-electron chi connectivity index (χ2n) is 5.78. The maximum Gasteiger partial charge on any atom is 0.271 e. The average molecular weight is 405 g/mol. The lowest BCUT2D eigenvalue weighted by Gasteiger charge is -2.05. The molecule has 1 amide bonds. The summed E-state index contributed by atoms with van der Waals surface area (Å²) in [6, 6.07) is 12.1. The number of hydrogen-bond acceptors (Lipinski definition) is 5. The molecule has 0 radical (unpaired) electrons. The Bertz CT molecular complexity index is 1090. The number of primary sulfonamides is 1. The second kappa shape index (κ2) is 7.55. The van der Waals surface area contributed by atoms with Gasteiger partial charge in [0.1, 0.15) is 16.5 Å². The minimum Gasteiger partial charge on any atom is -0.347 e. The van der Waals surface area contributed by atoms with Crippen molar-refractivity contribution in [2.24, 2.45) is 5.14 Å². The van der Waals surface area contributed by atoms with Crippen molar-refractivity contribution >= 4 is 27.3 Å². The SMILES string of the molecule is Cc1sc(-c2ccccc2F)nc1C(=O)NCc1ccc(S(N)(=O)=O)cc1. The first-order chi connectivity index (χ1) is 12.8. The standard InChI is InChI=1S/C18H16FN3O3S2/c1-11-16(22-18(26-11)14-4-2-3-5-15(14)19)17(23)21-10-12-6-8-13(9-7-12)27(20,24)25/h2-9H,10H2,1H3,(H,21,23)(H2,20,24,25). The Morgan fingerprint density at radius 1 is 1.19 bits per heavy atom. The van der Waals surface area contributed by atoms with Gasteiger partial charge in [0, 0.05) is 17.0 Å². The molecule has 1 heterocycles. The minimum atomic E-state index is -3.75. The van der Waals surface area contributed by atoms with Gasteiger partial charge < -0.3 is 5.32 Å². The van der Waals surface area contributed by atoms with Crippen LogP contribution >= 0.6 is 11.3 Å². The predicted octanol–water partition coefficient (Wildman–Crippen LogP) is 2.84. The van der Waals surface area contributed by atoms with Gasteiger partial charge in [-0.15, -0.1) is 11.3 Å². The number of carbonyl (C=O) groups excluding carboxylic acids is 1. The molecule has 9 heteroatoms. The van der Waals surface area contributed by atoms with Crippen LogP contribution in [0.1, 0.15) is 20.9 Å². The van der Waals surface area contributed by atoms with E-state index < -0.39 is 15.8 Å². The molecule has 1 aromatic heterocycles. The van der Waals surface area contributed by atoms with Crippen LogP contribution in [-0.4, -0.2) is 19.3 Å². The Kier molecular flexibility index (Phi) is 5.36. The van der Waals surface area contributed by atoms with E-state index in [1.807, 2.05) is 0 Å². The molecule has 3 N–H and O–H groups in total. The highest BCUT2D eigenvalue weighted by atomic mass is 32.2. The third-order valence-electron chi connectivity index (χ3n) is 3.82. The quantitative estimate of drug-likeness (QED) is 0.681. The van der Waals surface area contributed by atoms with Gasteiger partial charge in [0.05, 0.1) is 4.90 Å². The van der Waals surface area contributed by atoms with E-state index in [1.165, 1.54) is 29.5 Å². The van der Waals surface area contributed by atoms with Gasteiger partial charge in [-0.1, -0.05) is 24.3 Å². The topological polar surface area (TPSA) is 102 Å². The Morgan fingerprint density at radius 3 is 2.48 bits per heavy atom. The van der Waals surface area contributed by atoms with Crippen molar-refractivity contribution in [2.75, 3.05) is 0 Å². The first-order valence-corrected chi connectivity index (χ1v) is 10.2. The number of aryl methyl sites for hydroxylation is 1. The molecule has 0 spiro atoms. The molecule has 140 valence electrons. The fraction of sp³-hybridized carbons (Fsp3) is 0.111. The smallest absolute Gasteiger partial charge is 0.271 e. The molecule has 0 bridgehead atoms. The van der Waals surface area contributed by atoms with E-state index in [4.69, 9.17) is 5.14 Å². The van der Waals surface area contributed by atoms with E-state index in [0.717, 1.165) is 0 Å². The lowest BCUT2D eigenvalue weighted by atomic mass is 10.2. The lowest BCUT2D eigenvalue weighted by Crippen LogP contribution is -2.23. The molecule has 0 saturated carbocycles. The molecule has 0 fully saturated rings. The van der Waals surface area contributed by atoms with Gasteiger partial charge in [-0.3, -0.25) is 4.79 Å². The molecule has 0 aliphatic carbocycles. The summed E-state index contributed by atoms with van der Waals surface area (Å²) in [4.78, 5) is 17.4. The van der Waals surface area contributed by atoms with Crippen LogP contribution < -0.4 is 10.5 Å². The van der Waals surface area contributed by atoms with Crippen LogP contribution in [0.5, 0.6) is 0 Å². The van der Waals surface area contributed by atoms with Crippen LogP contribution in [0, 0.1) is 12.7 Å². The molecule has 3 rings (SSSR count). The Labute approximate surface area is 159 Å². The number of thiazole rings is 1. The van der Waals surface area contributed by atoms with Gasteiger partial charge in [0.25, 0.3) is 5.91 Å². The molecule has 27 heavy (non-hydrogen) atoms. The van der Waals surface area contributed by atoms with Crippen LogP contribution in [0.4, 0.5) is 4.39 Å². The summed E-state index contributed by atoms with van der Waals surface area (Å²) in [5, 5.41) is 8.21. The van der Waals surface area contributed by atoms with E-state index in [1.54, 1.807) is 37.3 Å². The van der Waals surface area contributed by atoms with Gasteiger partial charge in [-0.25, -0.2) is 22.9 Å². The van der Waals surface area contributed by atoms with E-state index >= 15 is 0 Å². The molecular weight excluding hydrogens is 389 g/mol. The van der Waals surface area contributed by atoms with Gasteiger partial charge in [0.15, 0.2) is 0 Å². The highest BCUT2D eigenvalue weighted by Crippen LogP contribution is 2.29. The summed E-state index contributed by atoms with van der Waals surface area (Å²) in [5.41, 5.74) is 1.29. The number of carbonyl (C=O) groups is 1. The van der Waals surface area contributed by atoms with Crippen molar-refractivity contribution in [1.29, 1.82) is 0 Å². The lowest BCUT2D eigenvalue weighted by molar-refractivity contribution is 0.0946. The Morgan fingerprint density at radius 2 is 1.85 bits per heavy atom. The van der Waals surface area contributed by atoms with Crippen LogP contribution in [-0.2, 0) is 16.6 Å². The number of nitrogens with two attached hydrogens (primary N) is 1. The van der Waals surface area contributed by atoms with E-state index in [2.05, 4.69) is 10.3 Å². The monoisotopic (exact) mass is 405 g/mol. The van der Waals surface area contributed by atoms with E-state index in [-0.39, 0.29) is 23.0 Å². The van der Waals surface area contributed by atoms with Crippen LogP contribution in [0.25, 0.3) is 10.6 Å². The molecule has 3 aromatic rings. The number of sulfonamides is 1. The highest BCUT2D eigenvalue weighted by Gasteiger charge is 2.18. The Balaban J connectivity index is 1.73. The fourth-order valence-corrected chi connectivity index (χ4v) is 3.87. The van der Waals surface area contributed by atoms with Gasteiger partial charge in [-0.05, 0) is 36.8 Å². The second-order valence-corrected chi connectivity index (χ2v) is 8.54. The summed E-state index contributed by atoms with van der Waals surface area (Å²) in [7, 11) is -3.75. The van der Waals surface area contributed by atoms with Crippen molar-refractivity contribution in [3.05, 3.63) is 70.5 Å². The maximum atomic E-state index is 13.9. The van der Waals surface area contributed by atoms with Crippen molar-refractivity contribution < 1.29 is 17.6 Å². The number of amides is 1. The van der Waals surface area contributed by atoms with Crippen LogP contribution in [0.2, 0.25) is 0 Å². The van der Waals surface area contributed by atoms with E-state index in [9.17, 15) is 17.6 Å². The molecule has 0 unspecified atom stereocenters. The molecule has 2 aromatic carbocycles. The fourth-order valence-electron chi connectivity index (χ4n) is 2.42. The highest BCUT2D eigenvalue weighted by molar-refractivity contribution is 7.89. The normalized spacial score (nSPS) is 11.4. The molecule has 0 saturated heterocycles. The number of nitrogens with zero attached hydrogens (tertiary/aromatic N) is 1. The van der Waals surface area contributed by atoms with Gasteiger partial charge in [0.2, 0.25) is 10.0 Å². The average Bonchev–Trinajstić information content (AvgIpc) is 3.01. The van der Waals surface area contributed by atoms with Crippen molar-refractivity contribution in [3.8, 4) is 10.6 Å². The zero-order valence-electron chi connectivity index (χ0n) is 14.3. The first kappa shape index (κ1) is 19.2. The summed E-state index contributed by atoms with van der Waals surface area (Å²) >= 11 is 1.24. The number of halogens is 1. The summed E-state index contributed by atoms with van der Waals surface area (Å²) in [5.74, 6) is -0.782. The zero-order valence-corrected chi connectivity index (χ0v) is 15.9. The summed E-state index contributed by atoms with van der Waals surface area (Å²) < 4.78 is 36.4. The zero-order chi connectivity index (χ0) is 19.6. The summed E-state index contributed by atoms with van der Waals surface area (Å²) in [6.45, 7) is 1.94. The number of nitrogens with one attached hydrogen (secondary N) is 1. The molecule has 0 atom stereocenters.